The molecule has 232 valence electrons. The van der Waals surface area contributed by atoms with Crippen molar-refractivity contribution >= 4 is 11.8 Å². The number of likely N-dealkylation sites (tertiary alicyclic amines) is 2. The summed E-state index contributed by atoms with van der Waals surface area (Å²) in [5.74, 6) is 12.6. The van der Waals surface area contributed by atoms with E-state index < -0.39 is 0 Å². The maximum atomic E-state index is 12.4. The van der Waals surface area contributed by atoms with Crippen molar-refractivity contribution in [3.8, 4) is 23.7 Å². The van der Waals surface area contributed by atoms with Crippen LogP contribution in [0.4, 0.5) is 0 Å². The Kier molecular flexibility index (Phi) is 11.3. The summed E-state index contributed by atoms with van der Waals surface area (Å²) in [6.45, 7) is 1.69. The number of aromatic nitrogens is 2. The number of carbonyl (C=O) groups excluding carboxylic acids is 2. The number of rotatable bonds is 2. The van der Waals surface area contributed by atoms with Gasteiger partial charge in [-0.1, -0.05) is 72.9 Å². The molecule has 2 aromatic carbocycles. The Hall–Kier alpha value is -5.20. The zero-order valence-electron chi connectivity index (χ0n) is 26.7. The first-order chi connectivity index (χ1) is 22.5. The second kappa shape index (κ2) is 16.2. The van der Waals surface area contributed by atoms with E-state index >= 15 is 0 Å². The van der Waals surface area contributed by atoms with Crippen LogP contribution in [-0.4, -0.2) is 58.8 Å². The smallest absolute Gasteiger partial charge is 0.231 e. The van der Waals surface area contributed by atoms with Gasteiger partial charge in [-0.3, -0.25) is 19.6 Å². The molecule has 0 spiro atoms. The van der Waals surface area contributed by atoms with E-state index in [4.69, 9.17) is 0 Å². The number of carbonyl (C=O) groups is 2. The Morgan fingerprint density at radius 1 is 0.522 bits per heavy atom. The summed E-state index contributed by atoms with van der Waals surface area (Å²) in [5.41, 5.74) is 5.41. The third-order valence-electron chi connectivity index (χ3n) is 8.36. The van der Waals surface area contributed by atoms with Gasteiger partial charge in [0.2, 0.25) is 11.8 Å². The van der Waals surface area contributed by atoms with Gasteiger partial charge in [0.05, 0.1) is 23.2 Å². The van der Waals surface area contributed by atoms with Gasteiger partial charge in [-0.25, -0.2) is 0 Å². The third-order valence-corrected chi connectivity index (χ3v) is 8.36. The molecule has 0 N–H and O–H groups in total. The number of hydrogen-bond acceptors (Lipinski definition) is 4. The second-order valence-electron chi connectivity index (χ2n) is 11.8. The van der Waals surface area contributed by atoms with E-state index in [0.29, 0.717) is 0 Å². The van der Waals surface area contributed by atoms with Crippen LogP contribution in [0.3, 0.4) is 0 Å². The molecule has 4 aromatic rings. The van der Waals surface area contributed by atoms with Crippen LogP contribution < -0.4 is 0 Å². The van der Waals surface area contributed by atoms with E-state index in [-0.39, 0.29) is 23.7 Å². The highest BCUT2D eigenvalue weighted by atomic mass is 16.2. The lowest BCUT2D eigenvalue weighted by atomic mass is 9.97. The van der Waals surface area contributed by atoms with Crippen LogP contribution in [0.1, 0.15) is 84.0 Å². The summed E-state index contributed by atoms with van der Waals surface area (Å²) in [4.78, 5) is 37.4. The fourth-order valence-electron chi connectivity index (χ4n) is 5.65. The average Bonchev–Trinajstić information content (AvgIpc) is 3.38. The van der Waals surface area contributed by atoms with Crippen molar-refractivity contribution in [3.05, 3.63) is 131 Å². The van der Waals surface area contributed by atoms with Crippen molar-refractivity contribution < 1.29 is 9.59 Å². The first kappa shape index (κ1) is 32.2. The molecule has 0 aliphatic carbocycles. The average molecular weight is 609 g/mol. The third kappa shape index (κ3) is 8.93. The Labute approximate surface area is 272 Å². The van der Waals surface area contributed by atoms with Crippen molar-refractivity contribution in [3.63, 3.8) is 0 Å². The molecule has 2 aliphatic heterocycles. The van der Waals surface area contributed by atoms with Crippen molar-refractivity contribution in [1.82, 2.24) is 19.8 Å². The highest BCUT2D eigenvalue weighted by Crippen LogP contribution is 2.27. The predicted molar refractivity (Wildman–Crippen MR) is 182 cm³/mol. The normalized spacial score (nSPS) is 18.0. The maximum Gasteiger partial charge on any atom is 0.231 e. The molecule has 46 heavy (non-hydrogen) atoms. The highest BCUT2D eigenvalue weighted by Gasteiger charge is 2.28. The monoisotopic (exact) mass is 608 g/mol. The molecule has 4 heterocycles. The van der Waals surface area contributed by atoms with Gasteiger partial charge in [-0.2, -0.15) is 0 Å². The number of likely N-dealkylation sites (N-methyl/N-ethyl adjacent to an activating group) is 2. The summed E-state index contributed by atoms with van der Waals surface area (Å²) < 4.78 is 0. The molecule has 0 unspecified atom stereocenters. The Morgan fingerprint density at radius 2 is 0.913 bits per heavy atom. The first-order valence-corrected chi connectivity index (χ1v) is 16.0. The molecule has 2 saturated heterocycles. The SMILES string of the molecule is CN1CCCC[C@@H](c2ccc(C#Cc3ccccc3)cn2)C1=O.CN1CCCC[C@H](c2ccc(C#Cc3ccccc3)cn2)C1=O. The fourth-order valence-corrected chi connectivity index (χ4v) is 5.65. The molecule has 0 bridgehead atoms. The molecule has 0 radical (unpaired) electrons. The van der Waals surface area contributed by atoms with E-state index in [1.54, 1.807) is 12.4 Å². The van der Waals surface area contributed by atoms with Crippen LogP contribution >= 0.6 is 0 Å². The van der Waals surface area contributed by atoms with Crippen LogP contribution in [0.25, 0.3) is 0 Å². The molecule has 2 atom stereocenters. The molecule has 6 heteroatoms. The second-order valence-corrected chi connectivity index (χ2v) is 11.8. The maximum absolute atomic E-state index is 12.4. The molecule has 2 aromatic heterocycles. The highest BCUT2D eigenvalue weighted by molar-refractivity contribution is 5.83. The minimum absolute atomic E-state index is 0.112. The van der Waals surface area contributed by atoms with Crippen LogP contribution in [0.5, 0.6) is 0 Å². The van der Waals surface area contributed by atoms with Gasteiger partial charge < -0.3 is 9.80 Å². The fraction of sp³-hybridized carbons (Fsp3) is 0.300. The zero-order chi connectivity index (χ0) is 32.1. The molecular formula is C40H40N4O2. The van der Waals surface area contributed by atoms with Crippen LogP contribution in [0.2, 0.25) is 0 Å². The number of pyridine rings is 2. The number of nitrogens with zero attached hydrogens (tertiary/aromatic N) is 4. The number of benzene rings is 2. The van der Waals surface area contributed by atoms with E-state index in [0.717, 1.165) is 85.3 Å². The molecule has 2 amide bonds. The number of hydrogen-bond donors (Lipinski definition) is 0. The largest absolute Gasteiger partial charge is 0.345 e. The Morgan fingerprint density at radius 3 is 1.28 bits per heavy atom. The molecule has 2 fully saturated rings. The summed E-state index contributed by atoms with van der Waals surface area (Å²) in [5, 5.41) is 0. The summed E-state index contributed by atoms with van der Waals surface area (Å²) in [6.07, 6.45) is 9.57. The lowest BCUT2D eigenvalue weighted by Gasteiger charge is -2.19. The standard InChI is InChI=1S/2C20H20N2O/c2*1-22-14-6-5-9-18(20(22)23)19-13-12-17(15-21-19)11-10-16-7-3-2-4-8-16/h2*2-4,7-8,12-13,15,18H,5-6,9,14H2,1H3/t2*18-/m10/s1. The first-order valence-electron chi connectivity index (χ1n) is 16.0. The predicted octanol–water partition coefficient (Wildman–Crippen LogP) is 6.41. The Balaban J connectivity index is 0.000000181. The van der Waals surface area contributed by atoms with Gasteiger partial charge in [-0.05, 0) is 74.2 Å². The lowest BCUT2D eigenvalue weighted by molar-refractivity contribution is -0.131. The number of amides is 2. The molecule has 2 aliphatic rings. The van der Waals surface area contributed by atoms with Gasteiger partial charge >= 0.3 is 0 Å². The van der Waals surface area contributed by atoms with Crippen LogP contribution in [0.15, 0.2) is 97.3 Å². The van der Waals surface area contributed by atoms with Gasteiger partial charge in [0.1, 0.15) is 0 Å². The van der Waals surface area contributed by atoms with Gasteiger partial charge in [0.15, 0.2) is 0 Å². The zero-order valence-corrected chi connectivity index (χ0v) is 26.7. The van der Waals surface area contributed by atoms with Crippen LogP contribution in [0, 0.1) is 23.7 Å². The van der Waals surface area contributed by atoms with Gasteiger partial charge in [0.25, 0.3) is 0 Å². The van der Waals surface area contributed by atoms with Gasteiger partial charge in [0, 0.05) is 61.8 Å². The quantitative estimate of drug-likeness (QED) is 0.247. The molecular weight excluding hydrogens is 568 g/mol. The summed E-state index contributed by atoms with van der Waals surface area (Å²) in [6, 6.07) is 27.6. The van der Waals surface area contributed by atoms with E-state index in [9.17, 15) is 9.59 Å². The van der Waals surface area contributed by atoms with Crippen LogP contribution in [-0.2, 0) is 9.59 Å². The van der Waals surface area contributed by atoms with E-state index in [1.165, 1.54) is 0 Å². The minimum atomic E-state index is -0.112. The molecule has 6 nitrogen and oxygen atoms in total. The van der Waals surface area contributed by atoms with E-state index in [2.05, 4.69) is 33.6 Å². The van der Waals surface area contributed by atoms with Crippen molar-refractivity contribution in [2.24, 2.45) is 0 Å². The molecule has 6 rings (SSSR count). The molecule has 0 saturated carbocycles. The minimum Gasteiger partial charge on any atom is -0.345 e. The van der Waals surface area contributed by atoms with Crippen molar-refractivity contribution in [1.29, 1.82) is 0 Å². The van der Waals surface area contributed by atoms with E-state index in [1.807, 2.05) is 109 Å². The lowest BCUT2D eigenvalue weighted by Crippen LogP contribution is -2.30. The Bertz CT molecular complexity index is 1580. The summed E-state index contributed by atoms with van der Waals surface area (Å²) >= 11 is 0. The van der Waals surface area contributed by atoms with Gasteiger partial charge in [-0.15, -0.1) is 0 Å². The topological polar surface area (TPSA) is 66.4 Å². The van der Waals surface area contributed by atoms with Crippen molar-refractivity contribution in [2.75, 3.05) is 27.2 Å². The summed E-state index contributed by atoms with van der Waals surface area (Å²) in [7, 11) is 3.75. The van der Waals surface area contributed by atoms with Crippen molar-refractivity contribution in [2.45, 2.75) is 50.4 Å².